The number of benzene rings is 11. The molecule has 22 nitrogen and oxygen atoms in total. The SMILES string of the molecule is C[C@H](C(=O)Cl)N(C)S(=O)(=O)c1c(F)c(F)c(F)c(F)c1F.C[C@H](C(=O)N(Cc1ccc(C2CCCCC2)cc1)c1ccc(C(=O)NOCc2ccccc2)cc1)N(C)S(=O)(=O)c1c(F)c(F)c(F)c(F)c1F.C[C@H](C(=O)N(Cc1ccc(C2CCCCC2)cc1)c1ccc(C(=O)O)cc1)N(C)S(=O)(=O)c1c(F)c(F)c(F)c(F)c1F.O=C(OCc1ccccc1)c1ccc(NCc2ccc(C3CCCCC3)cc2)cc1. The van der Waals surface area contributed by atoms with Crippen LogP contribution in [-0.2, 0) is 86.9 Å². The average molecular weight is 2110 g/mol. The van der Waals surface area contributed by atoms with Crippen LogP contribution in [0.4, 0.5) is 82.9 Å². The van der Waals surface area contributed by atoms with Crippen molar-refractivity contribution in [3.63, 3.8) is 0 Å². The number of nitrogens with zero attached hydrogens (tertiary/aromatic N) is 5. The molecule has 3 aliphatic carbocycles. The number of halogens is 16. The fraction of sp³-hybridized carbons (Fsp3) is 0.308. The Morgan fingerprint density at radius 2 is 0.641 bits per heavy atom. The first-order valence-corrected chi connectivity index (χ1v) is 50.5. The maximum absolute atomic E-state index is 14.6. The van der Waals surface area contributed by atoms with Crippen molar-refractivity contribution in [2.75, 3.05) is 36.3 Å². The van der Waals surface area contributed by atoms with Gasteiger partial charge >= 0.3 is 11.9 Å². The first kappa shape index (κ1) is 113. The van der Waals surface area contributed by atoms with E-state index in [4.69, 9.17) is 21.2 Å². The smallest absolute Gasteiger partial charge is 0.338 e. The third-order valence-corrected chi connectivity index (χ3v) is 31.6. The van der Waals surface area contributed by atoms with Crippen LogP contribution >= 0.6 is 11.6 Å². The number of carbonyl (C=O) groups is 6. The van der Waals surface area contributed by atoms with Gasteiger partial charge in [0.1, 0.15) is 18.7 Å². The number of ether oxygens (including phenoxy) is 1. The highest BCUT2D eigenvalue weighted by atomic mass is 35.5. The van der Waals surface area contributed by atoms with E-state index in [0.717, 1.165) is 132 Å². The lowest BCUT2D eigenvalue weighted by molar-refractivity contribution is -0.122. The van der Waals surface area contributed by atoms with Crippen molar-refractivity contribution in [1.82, 2.24) is 18.4 Å². The number of hydroxylamine groups is 1. The van der Waals surface area contributed by atoms with Gasteiger partial charge in [-0.15, -0.1) is 0 Å². The van der Waals surface area contributed by atoms with Crippen molar-refractivity contribution in [2.45, 2.75) is 200 Å². The molecule has 772 valence electrons. The van der Waals surface area contributed by atoms with Crippen molar-refractivity contribution < 1.29 is 135 Å². The van der Waals surface area contributed by atoms with Crippen LogP contribution in [0.3, 0.4) is 0 Å². The van der Waals surface area contributed by atoms with Crippen molar-refractivity contribution in [1.29, 1.82) is 0 Å². The van der Waals surface area contributed by atoms with Gasteiger partial charge in [-0.3, -0.25) is 24.0 Å². The molecule has 3 N–H and O–H groups in total. The molecule has 41 heteroatoms. The summed E-state index contributed by atoms with van der Waals surface area (Å²) >= 11 is 5.04. The number of rotatable bonds is 32. The number of carboxylic acid groups (broad SMARTS) is 1. The number of sulfonamides is 3. The van der Waals surface area contributed by atoms with Gasteiger partial charge in [0.05, 0.1) is 36.9 Å². The fourth-order valence-electron chi connectivity index (χ4n) is 16.5. The number of hydrogen-bond acceptors (Lipinski definition) is 15. The molecule has 3 saturated carbocycles. The molecule has 0 aromatic heterocycles. The van der Waals surface area contributed by atoms with E-state index in [0.29, 0.717) is 35.6 Å². The van der Waals surface area contributed by atoms with Crippen molar-refractivity contribution in [3.8, 4) is 0 Å². The molecular weight excluding hydrogens is 2000 g/mol. The average Bonchev–Trinajstić information content (AvgIpc) is 0.757. The van der Waals surface area contributed by atoms with Gasteiger partial charge in [0, 0.05) is 50.3 Å². The van der Waals surface area contributed by atoms with Crippen LogP contribution in [0.5, 0.6) is 0 Å². The van der Waals surface area contributed by atoms with E-state index in [1.807, 2.05) is 133 Å². The van der Waals surface area contributed by atoms with Gasteiger partial charge in [0.2, 0.25) is 64.6 Å². The number of aromatic carboxylic acids is 1. The van der Waals surface area contributed by atoms with Crippen LogP contribution in [0.25, 0.3) is 0 Å². The Balaban J connectivity index is 0.000000193. The van der Waals surface area contributed by atoms with E-state index in [1.165, 1.54) is 110 Å². The summed E-state index contributed by atoms with van der Waals surface area (Å²) in [6.07, 6.45) is 18.0. The second kappa shape index (κ2) is 50.3. The number of amides is 3. The zero-order valence-electron chi connectivity index (χ0n) is 78.9. The van der Waals surface area contributed by atoms with Gasteiger partial charge < -0.3 is 25.0 Å². The summed E-state index contributed by atoms with van der Waals surface area (Å²) in [7, 11) is -13.7. The number of esters is 1. The molecule has 0 heterocycles. The molecule has 3 fully saturated rings. The van der Waals surface area contributed by atoms with Gasteiger partial charge in [-0.25, -0.2) is 106 Å². The molecule has 0 radical (unpaired) electrons. The zero-order chi connectivity index (χ0) is 106. The predicted octanol–water partition coefficient (Wildman–Crippen LogP) is 22.8. The quantitative estimate of drug-likeness (QED) is 0.00882. The minimum absolute atomic E-state index is 0.0768. The predicted molar refractivity (Wildman–Crippen MR) is 510 cm³/mol. The second-order valence-electron chi connectivity index (χ2n) is 34.8. The Hall–Kier alpha value is -12.8. The molecule has 11 aromatic rings. The largest absolute Gasteiger partial charge is 0.478 e. The van der Waals surface area contributed by atoms with Crippen molar-refractivity contribution in [2.24, 2.45) is 0 Å². The van der Waals surface area contributed by atoms with E-state index in [2.05, 4.69) is 35.1 Å². The maximum atomic E-state index is 14.6. The fourth-order valence-corrected chi connectivity index (χ4v) is 21.0. The maximum Gasteiger partial charge on any atom is 0.338 e. The molecule has 11 aromatic carbocycles. The highest BCUT2D eigenvalue weighted by Crippen LogP contribution is 2.40. The van der Waals surface area contributed by atoms with Crippen LogP contribution in [0, 0.1) is 87.3 Å². The molecule has 14 rings (SSSR count). The Bertz CT molecular complexity index is 6730. The molecule has 3 aliphatic rings. The van der Waals surface area contributed by atoms with Gasteiger partial charge in [-0.2, -0.15) is 12.9 Å². The Morgan fingerprint density at radius 3 is 0.959 bits per heavy atom. The minimum atomic E-state index is -5.44. The third-order valence-electron chi connectivity index (χ3n) is 25.4. The topological polar surface area (TPSA) is 284 Å². The first-order chi connectivity index (χ1) is 68.8. The normalized spacial score (nSPS) is 14.4. The Labute approximate surface area is 833 Å². The first-order valence-electron chi connectivity index (χ1n) is 45.8. The molecular formula is C104H101ClF15N7O15S3. The van der Waals surface area contributed by atoms with Crippen molar-refractivity contribution >= 4 is 93.6 Å². The molecule has 0 bridgehead atoms. The number of likely N-dealkylation sites (N-methyl/N-ethyl adjacent to an activating group) is 3. The Morgan fingerprint density at radius 1 is 0.352 bits per heavy atom. The van der Waals surface area contributed by atoms with Gasteiger partial charge in [0.15, 0.2) is 84.5 Å². The summed E-state index contributed by atoms with van der Waals surface area (Å²) in [5.74, 6) is -39.7. The standard InChI is InChI=1S/C37H36F5N3O5S.C30H29F5N2O5S.C27H29NO2.C10H7ClF5NO3S/c1-23(44(2)51(48,49)35-33(41)31(39)30(38)32(40)34(35)42)37(47)45(21-24-13-15-27(16-14-24)26-11-7-4-8-12-26)29-19-17-28(18-20-29)36(46)43-50-22-25-9-5-3-6-10-25;1-17(36(2)43(41,42)28-26(34)24(32)23(31)25(33)27(28)35)29(38)37(22-14-12-21(13-15-22)30(39)40)16-18-8-10-20(11-9-18)19-6-4-3-5-7-19;29-27(30-20-22-7-3-1-4-8-22)25-15-17-26(18-16-25)28-19-21-11-13-24(14-12-21)23-9-5-2-6-10-23;1-3(10(11)18)17(2)21(19,20)9-7(15)5(13)4(12)6(14)8(9)16/h3,5-6,9-10,13-20,23,26H,4,7-8,11-12,21-22H2,1-2H3,(H,43,46);8-15,17,19H,3-7,16H2,1-2H3,(H,39,40);1,3-4,7-8,11-18,23,28H,2,5-6,9-10,19-20H2;3H,1-2H3/t23-;17-;;3-/m11.1/s1. The van der Waals surface area contributed by atoms with E-state index in [9.17, 15) is 125 Å². The molecule has 3 atom stereocenters. The van der Waals surface area contributed by atoms with Crippen LogP contribution in [-0.4, -0.2) is 117 Å². The Kier molecular flexibility index (Phi) is 39.0. The van der Waals surface area contributed by atoms with Gasteiger partial charge in [-0.05, 0) is 206 Å². The van der Waals surface area contributed by atoms with Gasteiger partial charge in [-0.1, -0.05) is 191 Å². The summed E-state index contributed by atoms with van der Waals surface area (Å²) in [5, 5.41) is 11.5. The lowest BCUT2D eigenvalue weighted by Gasteiger charge is -2.31. The third kappa shape index (κ3) is 27.3. The highest BCUT2D eigenvalue weighted by Gasteiger charge is 2.44. The monoisotopic (exact) mass is 2100 g/mol. The zero-order valence-corrected chi connectivity index (χ0v) is 82.1. The summed E-state index contributed by atoms with van der Waals surface area (Å²) in [5.41, 5.74) is 12.6. The van der Waals surface area contributed by atoms with Crippen molar-refractivity contribution in [3.05, 3.63) is 355 Å². The second-order valence-corrected chi connectivity index (χ2v) is 40.9. The van der Waals surface area contributed by atoms with E-state index < -0.39 is 179 Å². The van der Waals surface area contributed by atoms with E-state index >= 15 is 0 Å². The summed E-state index contributed by atoms with van der Waals surface area (Å²) < 4.78 is 289. The van der Waals surface area contributed by atoms with Crippen LogP contribution in [0.15, 0.2) is 221 Å². The number of nitrogens with one attached hydrogen (secondary N) is 2. The molecule has 0 saturated heterocycles. The van der Waals surface area contributed by atoms with E-state index in [1.54, 1.807) is 0 Å². The molecule has 0 unspecified atom stereocenters. The minimum Gasteiger partial charge on any atom is -0.478 e. The summed E-state index contributed by atoms with van der Waals surface area (Å²) in [4.78, 5) is 76.5. The van der Waals surface area contributed by atoms with Crippen LogP contribution in [0.2, 0.25) is 0 Å². The van der Waals surface area contributed by atoms with Crippen LogP contribution < -0.4 is 20.6 Å². The number of carbonyl (C=O) groups excluding carboxylic acids is 5. The summed E-state index contributed by atoms with van der Waals surface area (Å²) in [6, 6.07) is 56.4. The molecule has 145 heavy (non-hydrogen) atoms. The molecule has 0 spiro atoms. The molecule has 3 amide bonds. The number of anilines is 3. The highest BCUT2D eigenvalue weighted by molar-refractivity contribution is 7.89. The van der Waals surface area contributed by atoms with Crippen LogP contribution in [0.1, 0.15) is 210 Å². The number of carboxylic acids is 1. The van der Waals surface area contributed by atoms with E-state index in [-0.39, 0.29) is 67.7 Å². The number of hydrogen-bond donors (Lipinski definition) is 3. The lowest BCUT2D eigenvalue weighted by Crippen LogP contribution is -2.48. The summed E-state index contributed by atoms with van der Waals surface area (Å²) in [6.45, 7) is 4.17. The lowest BCUT2D eigenvalue weighted by atomic mass is 9.84. The van der Waals surface area contributed by atoms with Gasteiger partial charge in [0.25, 0.3) is 5.91 Å². The molecule has 0 aliphatic heterocycles.